The van der Waals surface area contributed by atoms with E-state index in [0.717, 1.165) is 45.4 Å². The zero-order valence-corrected chi connectivity index (χ0v) is 20.4. The van der Waals surface area contributed by atoms with E-state index in [4.69, 9.17) is 9.26 Å². The van der Waals surface area contributed by atoms with Crippen LogP contribution in [0.1, 0.15) is 51.0 Å². The smallest absolute Gasteiger partial charge is 0.248 e. The summed E-state index contributed by atoms with van der Waals surface area (Å²) in [5, 5.41) is 3.80. The molecule has 10 heteroatoms. The number of ether oxygens (including phenoxy) is 1. The molecule has 0 aromatic carbocycles. The molecule has 3 saturated heterocycles. The summed E-state index contributed by atoms with van der Waals surface area (Å²) in [6, 6.07) is 0.189. The summed E-state index contributed by atoms with van der Waals surface area (Å²) in [5.41, 5.74) is 0.365. The SMILES string of the molecule is Cc1noc(C)c1S(=O)(=O)N1CCC[C@H](C(=O)N2CCC[C@@H]2CN2C[C@@H](C)O[C@H](C)C2)C1. The average molecular weight is 469 g/mol. The first kappa shape index (κ1) is 23.7. The Kier molecular flexibility index (Phi) is 6.95. The van der Waals surface area contributed by atoms with Crippen LogP contribution in [0.4, 0.5) is 0 Å². The molecule has 3 aliphatic rings. The van der Waals surface area contributed by atoms with Crippen LogP contribution >= 0.6 is 0 Å². The first-order valence-corrected chi connectivity index (χ1v) is 13.2. The van der Waals surface area contributed by atoms with Crippen LogP contribution in [0.3, 0.4) is 0 Å². The molecule has 0 N–H and O–H groups in total. The number of likely N-dealkylation sites (tertiary alicyclic amines) is 1. The number of aromatic nitrogens is 1. The van der Waals surface area contributed by atoms with Crippen molar-refractivity contribution in [1.82, 2.24) is 19.3 Å². The maximum Gasteiger partial charge on any atom is 0.248 e. The number of amides is 1. The third-order valence-corrected chi connectivity index (χ3v) is 9.03. The van der Waals surface area contributed by atoms with E-state index in [2.05, 4.69) is 23.9 Å². The van der Waals surface area contributed by atoms with Gasteiger partial charge in [0.25, 0.3) is 0 Å². The molecular weight excluding hydrogens is 432 g/mol. The number of piperidine rings is 1. The van der Waals surface area contributed by atoms with Crippen molar-refractivity contribution in [3.05, 3.63) is 11.5 Å². The molecule has 180 valence electrons. The monoisotopic (exact) mass is 468 g/mol. The van der Waals surface area contributed by atoms with Gasteiger partial charge in [-0.05, 0) is 53.4 Å². The van der Waals surface area contributed by atoms with Gasteiger partial charge in [-0.25, -0.2) is 8.42 Å². The van der Waals surface area contributed by atoms with Crippen LogP contribution in [0.25, 0.3) is 0 Å². The van der Waals surface area contributed by atoms with Gasteiger partial charge in [0.1, 0.15) is 10.6 Å². The summed E-state index contributed by atoms with van der Waals surface area (Å²) in [4.78, 5) is 18.1. The van der Waals surface area contributed by atoms with Crippen LogP contribution in [-0.4, -0.2) is 91.1 Å². The van der Waals surface area contributed by atoms with Crippen molar-refractivity contribution < 1.29 is 22.5 Å². The van der Waals surface area contributed by atoms with Gasteiger partial charge in [-0.2, -0.15) is 4.31 Å². The zero-order chi connectivity index (χ0) is 23.0. The lowest BCUT2D eigenvalue weighted by Crippen LogP contribution is -2.53. The molecule has 0 spiro atoms. The fraction of sp³-hybridized carbons (Fsp3) is 0.818. The van der Waals surface area contributed by atoms with E-state index in [0.29, 0.717) is 24.4 Å². The van der Waals surface area contributed by atoms with E-state index in [9.17, 15) is 13.2 Å². The molecule has 0 bridgehead atoms. The number of carbonyl (C=O) groups excluding carboxylic acids is 1. The molecule has 0 saturated carbocycles. The zero-order valence-electron chi connectivity index (χ0n) is 19.6. The van der Waals surface area contributed by atoms with E-state index >= 15 is 0 Å². The lowest BCUT2D eigenvalue weighted by Gasteiger charge is -2.39. The van der Waals surface area contributed by atoms with E-state index < -0.39 is 10.0 Å². The fourth-order valence-electron chi connectivity index (χ4n) is 5.62. The van der Waals surface area contributed by atoms with Gasteiger partial charge in [-0.3, -0.25) is 9.69 Å². The van der Waals surface area contributed by atoms with Crippen molar-refractivity contribution in [2.45, 2.75) is 76.5 Å². The lowest BCUT2D eigenvalue weighted by molar-refractivity contribution is -0.138. The summed E-state index contributed by atoms with van der Waals surface area (Å²) in [5.74, 6) is 0.0900. The van der Waals surface area contributed by atoms with E-state index in [-0.39, 0.29) is 41.5 Å². The highest BCUT2D eigenvalue weighted by molar-refractivity contribution is 7.89. The van der Waals surface area contributed by atoms with Gasteiger partial charge in [0, 0.05) is 45.3 Å². The molecule has 3 fully saturated rings. The molecule has 1 amide bonds. The van der Waals surface area contributed by atoms with Crippen LogP contribution in [0.15, 0.2) is 9.42 Å². The van der Waals surface area contributed by atoms with E-state index in [1.165, 1.54) is 4.31 Å². The van der Waals surface area contributed by atoms with Gasteiger partial charge in [-0.1, -0.05) is 5.16 Å². The largest absolute Gasteiger partial charge is 0.373 e. The Labute approximate surface area is 191 Å². The predicted octanol–water partition coefficient (Wildman–Crippen LogP) is 1.79. The Morgan fingerprint density at radius 1 is 1.06 bits per heavy atom. The number of hydrogen-bond donors (Lipinski definition) is 0. The maximum absolute atomic E-state index is 13.5. The quantitative estimate of drug-likeness (QED) is 0.650. The second kappa shape index (κ2) is 9.40. The average Bonchev–Trinajstić information content (AvgIpc) is 3.33. The Morgan fingerprint density at radius 2 is 1.75 bits per heavy atom. The summed E-state index contributed by atoms with van der Waals surface area (Å²) in [6.45, 7) is 11.5. The minimum absolute atomic E-state index is 0.0977. The number of hydrogen-bond acceptors (Lipinski definition) is 7. The van der Waals surface area contributed by atoms with Crippen molar-refractivity contribution >= 4 is 15.9 Å². The van der Waals surface area contributed by atoms with Crippen LogP contribution in [-0.2, 0) is 19.6 Å². The molecule has 32 heavy (non-hydrogen) atoms. The molecule has 0 radical (unpaired) electrons. The molecule has 1 aromatic rings. The van der Waals surface area contributed by atoms with Crippen molar-refractivity contribution in [3.63, 3.8) is 0 Å². The number of carbonyl (C=O) groups is 1. The van der Waals surface area contributed by atoms with Gasteiger partial charge in [-0.15, -0.1) is 0 Å². The molecule has 0 aliphatic carbocycles. The van der Waals surface area contributed by atoms with Crippen molar-refractivity contribution in [2.24, 2.45) is 5.92 Å². The van der Waals surface area contributed by atoms with Crippen LogP contribution in [0.5, 0.6) is 0 Å². The number of aryl methyl sites for hydroxylation is 2. The molecule has 0 unspecified atom stereocenters. The van der Waals surface area contributed by atoms with Gasteiger partial charge in [0.2, 0.25) is 15.9 Å². The van der Waals surface area contributed by atoms with Crippen molar-refractivity contribution in [1.29, 1.82) is 0 Å². The topological polar surface area (TPSA) is 96.2 Å². The van der Waals surface area contributed by atoms with Crippen molar-refractivity contribution in [2.75, 3.05) is 39.3 Å². The minimum Gasteiger partial charge on any atom is -0.373 e. The number of nitrogens with zero attached hydrogens (tertiary/aromatic N) is 4. The second-order valence-corrected chi connectivity index (χ2v) is 11.5. The highest BCUT2D eigenvalue weighted by atomic mass is 32.2. The number of morpholine rings is 1. The van der Waals surface area contributed by atoms with Gasteiger partial charge in [0.05, 0.1) is 18.1 Å². The molecule has 4 heterocycles. The van der Waals surface area contributed by atoms with Crippen LogP contribution in [0.2, 0.25) is 0 Å². The molecule has 4 atom stereocenters. The summed E-state index contributed by atoms with van der Waals surface area (Å²) in [7, 11) is -3.73. The molecule has 3 aliphatic heterocycles. The lowest BCUT2D eigenvalue weighted by atomic mass is 9.97. The van der Waals surface area contributed by atoms with E-state index in [1.54, 1.807) is 13.8 Å². The highest BCUT2D eigenvalue weighted by Gasteiger charge is 2.40. The molecule has 4 rings (SSSR count). The van der Waals surface area contributed by atoms with Crippen molar-refractivity contribution in [3.8, 4) is 0 Å². The Hall–Kier alpha value is -1.49. The van der Waals surface area contributed by atoms with Crippen LogP contribution < -0.4 is 0 Å². The second-order valence-electron chi connectivity index (χ2n) is 9.66. The third-order valence-electron chi connectivity index (χ3n) is 6.92. The Balaban J connectivity index is 1.43. The predicted molar refractivity (Wildman–Crippen MR) is 119 cm³/mol. The van der Waals surface area contributed by atoms with Crippen LogP contribution in [0, 0.1) is 19.8 Å². The fourth-order valence-corrected chi connectivity index (χ4v) is 7.43. The van der Waals surface area contributed by atoms with Gasteiger partial charge in [0.15, 0.2) is 5.76 Å². The minimum atomic E-state index is -3.73. The van der Waals surface area contributed by atoms with Gasteiger partial charge >= 0.3 is 0 Å². The summed E-state index contributed by atoms with van der Waals surface area (Å²) in [6.07, 6.45) is 3.80. The molecular formula is C22H36N4O5S. The standard InChI is InChI=1S/C22H36N4O5S/c1-15-11-24(12-16(2)30-15)14-20-8-6-10-26(20)22(27)19-7-5-9-25(13-19)32(28,29)21-17(3)23-31-18(21)4/h15-16,19-20H,5-14H2,1-4H3/t15-,16-,19+,20-/m1/s1. The third kappa shape index (κ3) is 4.73. The first-order valence-electron chi connectivity index (χ1n) is 11.8. The highest BCUT2D eigenvalue weighted by Crippen LogP contribution is 2.30. The molecule has 9 nitrogen and oxygen atoms in total. The summed E-state index contributed by atoms with van der Waals surface area (Å²) < 4.78 is 38.9. The number of sulfonamides is 1. The van der Waals surface area contributed by atoms with E-state index in [1.807, 2.05) is 4.90 Å². The normalized spacial score (nSPS) is 30.7. The first-order chi connectivity index (χ1) is 15.2. The molecule has 1 aromatic heterocycles. The maximum atomic E-state index is 13.5. The Bertz CT molecular complexity index is 903. The van der Waals surface area contributed by atoms with Gasteiger partial charge < -0.3 is 14.2 Å². The number of rotatable bonds is 5. The Morgan fingerprint density at radius 3 is 2.41 bits per heavy atom. The summed E-state index contributed by atoms with van der Waals surface area (Å²) >= 11 is 0.